The maximum atomic E-state index is 12.9. The van der Waals surface area contributed by atoms with E-state index in [0.717, 1.165) is 12.8 Å². The summed E-state index contributed by atoms with van der Waals surface area (Å²) in [6.45, 7) is 9.74. The molecule has 7 heteroatoms. The molecule has 0 aromatic heterocycles. The molecule has 0 radical (unpaired) electrons. The lowest BCUT2D eigenvalue weighted by Crippen LogP contribution is -2.58. The average molecular weight is 339 g/mol. The van der Waals surface area contributed by atoms with Gasteiger partial charge in [-0.25, -0.2) is 4.79 Å². The molecule has 2 rings (SSSR count). The number of carbonyl (C=O) groups excluding carboxylic acids is 3. The SMILES string of the molecule is CC(=O)N1CCN(C(=O)[C@H]2CCCCN2C(=O)OC(C)(C)C)CC1. The summed E-state index contributed by atoms with van der Waals surface area (Å²) in [5.41, 5.74) is -0.574. The molecule has 0 spiro atoms. The monoisotopic (exact) mass is 339 g/mol. The minimum absolute atomic E-state index is 0.0243. The zero-order valence-electron chi connectivity index (χ0n) is 15.2. The van der Waals surface area contributed by atoms with E-state index in [1.54, 1.807) is 21.6 Å². The Bertz CT molecular complexity index is 493. The van der Waals surface area contributed by atoms with Crippen LogP contribution >= 0.6 is 0 Å². The van der Waals surface area contributed by atoms with Crippen molar-refractivity contribution >= 4 is 17.9 Å². The van der Waals surface area contributed by atoms with Gasteiger partial charge in [-0.15, -0.1) is 0 Å². The van der Waals surface area contributed by atoms with Gasteiger partial charge in [-0.3, -0.25) is 14.5 Å². The third-order valence-corrected chi connectivity index (χ3v) is 4.45. The van der Waals surface area contributed by atoms with Crippen molar-refractivity contribution in [2.24, 2.45) is 0 Å². The van der Waals surface area contributed by atoms with Crippen LogP contribution in [0, 0.1) is 0 Å². The standard InChI is InChI=1S/C17H29N3O4/c1-13(21)18-9-11-19(12-10-18)15(22)14-7-5-6-8-20(14)16(23)24-17(2,3)4/h14H,5-12H2,1-4H3/t14-/m1/s1. The van der Waals surface area contributed by atoms with Gasteiger partial charge in [0.2, 0.25) is 11.8 Å². The molecule has 0 N–H and O–H groups in total. The van der Waals surface area contributed by atoms with Crippen molar-refractivity contribution in [1.82, 2.24) is 14.7 Å². The lowest BCUT2D eigenvalue weighted by atomic mass is 10.0. The molecule has 2 heterocycles. The molecule has 24 heavy (non-hydrogen) atoms. The summed E-state index contributed by atoms with van der Waals surface area (Å²) in [6, 6.07) is -0.447. The molecule has 0 aromatic carbocycles. The summed E-state index contributed by atoms with van der Waals surface area (Å²) >= 11 is 0. The molecule has 2 aliphatic rings. The van der Waals surface area contributed by atoms with Gasteiger partial charge >= 0.3 is 6.09 Å². The fraction of sp³-hybridized carbons (Fsp3) is 0.824. The van der Waals surface area contributed by atoms with Crippen LogP contribution < -0.4 is 0 Å². The van der Waals surface area contributed by atoms with E-state index in [-0.39, 0.29) is 11.8 Å². The number of hydrogen-bond acceptors (Lipinski definition) is 4. The van der Waals surface area contributed by atoms with E-state index in [1.807, 2.05) is 20.8 Å². The van der Waals surface area contributed by atoms with Gasteiger partial charge in [-0.05, 0) is 40.0 Å². The van der Waals surface area contributed by atoms with Gasteiger partial charge in [0.15, 0.2) is 0 Å². The summed E-state index contributed by atoms with van der Waals surface area (Å²) in [5.74, 6) is 0.0129. The van der Waals surface area contributed by atoms with Crippen molar-refractivity contribution in [1.29, 1.82) is 0 Å². The van der Waals surface area contributed by atoms with Crippen LogP contribution in [0.15, 0.2) is 0 Å². The molecule has 0 saturated carbocycles. The number of likely N-dealkylation sites (tertiary alicyclic amines) is 1. The fourth-order valence-electron chi connectivity index (χ4n) is 3.18. The molecule has 0 aliphatic carbocycles. The van der Waals surface area contributed by atoms with Crippen LogP contribution in [0.1, 0.15) is 47.0 Å². The molecular weight excluding hydrogens is 310 g/mol. The minimum atomic E-state index is -0.574. The predicted molar refractivity (Wildman–Crippen MR) is 89.4 cm³/mol. The Kier molecular flexibility index (Phi) is 5.72. The first kappa shape index (κ1) is 18.5. The Morgan fingerprint density at radius 1 is 0.917 bits per heavy atom. The zero-order valence-corrected chi connectivity index (χ0v) is 15.2. The maximum absolute atomic E-state index is 12.9. The van der Waals surface area contributed by atoms with Gasteiger partial charge in [0.1, 0.15) is 11.6 Å². The molecule has 2 aliphatic heterocycles. The summed E-state index contributed by atoms with van der Waals surface area (Å²) in [6.07, 6.45) is 2.08. The van der Waals surface area contributed by atoms with Crippen molar-refractivity contribution in [2.45, 2.75) is 58.6 Å². The summed E-state index contributed by atoms with van der Waals surface area (Å²) in [4.78, 5) is 41.8. The number of rotatable bonds is 1. The summed E-state index contributed by atoms with van der Waals surface area (Å²) < 4.78 is 5.46. The quantitative estimate of drug-likeness (QED) is 0.725. The van der Waals surface area contributed by atoms with Gasteiger partial charge < -0.3 is 14.5 Å². The zero-order chi connectivity index (χ0) is 17.9. The molecule has 2 saturated heterocycles. The third-order valence-electron chi connectivity index (χ3n) is 4.45. The molecule has 136 valence electrons. The summed E-state index contributed by atoms with van der Waals surface area (Å²) in [7, 11) is 0. The van der Waals surface area contributed by atoms with Crippen LogP contribution in [0.5, 0.6) is 0 Å². The molecular formula is C17H29N3O4. The Hall–Kier alpha value is -1.79. The average Bonchev–Trinajstić information content (AvgIpc) is 2.52. The molecule has 3 amide bonds. The Balaban J connectivity index is 2.00. The molecule has 7 nitrogen and oxygen atoms in total. The van der Waals surface area contributed by atoms with E-state index in [4.69, 9.17) is 4.74 Å². The number of piperazine rings is 1. The number of nitrogens with zero attached hydrogens (tertiary/aromatic N) is 3. The van der Waals surface area contributed by atoms with Crippen LogP contribution in [-0.2, 0) is 14.3 Å². The highest BCUT2D eigenvalue weighted by molar-refractivity contribution is 5.86. The molecule has 2 fully saturated rings. The number of piperidine rings is 1. The first-order chi connectivity index (χ1) is 11.2. The Morgan fingerprint density at radius 2 is 1.50 bits per heavy atom. The van der Waals surface area contributed by atoms with Crippen LogP contribution in [0.2, 0.25) is 0 Å². The highest BCUT2D eigenvalue weighted by Crippen LogP contribution is 2.22. The van der Waals surface area contributed by atoms with E-state index in [1.165, 1.54) is 0 Å². The van der Waals surface area contributed by atoms with Gasteiger partial charge in [0.05, 0.1) is 0 Å². The lowest BCUT2D eigenvalue weighted by Gasteiger charge is -2.40. The number of hydrogen-bond donors (Lipinski definition) is 0. The molecule has 0 aromatic rings. The maximum Gasteiger partial charge on any atom is 0.410 e. The highest BCUT2D eigenvalue weighted by Gasteiger charge is 2.37. The normalized spacial score (nSPS) is 22.3. The smallest absolute Gasteiger partial charge is 0.410 e. The van der Waals surface area contributed by atoms with E-state index in [9.17, 15) is 14.4 Å². The van der Waals surface area contributed by atoms with Gasteiger partial charge in [0.25, 0.3) is 0 Å². The third kappa shape index (κ3) is 4.61. The highest BCUT2D eigenvalue weighted by atomic mass is 16.6. The topological polar surface area (TPSA) is 70.2 Å². The summed E-state index contributed by atoms with van der Waals surface area (Å²) in [5, 5.41) is 0. The fourth-order valence-corrected chi connectivity index (χ4v) is 3.18. The number of carbonyl (C=O) groups is 3. The molecule has 0 unspecified atom stereocenters. The van der Waals surface area contributed by atoms with Crippen molar-refractivity contribution < 1.29 is 19.1 Å². The first-order valence-corrected chi connectivity index (χ1v) is 8.73. The largest absolute Gasteiger partial charge is 0.444 e. The first-order valence-electron chi connectivity index (χ1n) is 8.73. The van der Waals surface area contributed by atoms with E-state index in [2.05, 4.69) is 0 Å². The number of ether oxygens (including phenoxy) is 1. The Labute approximate surface area is 143 Å². The van der Waals surface area contributed by atoms with Crippen LogP contribution in [0.3, 0.4) is 0 Å². The van der Waals surface area contributed by atoms with Crippen molar-refractivity contribution in [3.8, 4) is 0 Å². The van der Waals surface area contributed by atoms with E-state index in [0.29, 0.717) is 39.1 Å². The van der Waals surface area contributed by atoms with Gasteiger partial charge in [-0.1, -0.05) is 0 Å². The Morgan fingerprint density at radius 3 is 2.04 bits per heavy atom. The molecule has 0 bridgehead atoms. The van der Waals surface area contributed by atoms with Crippen LogP contribution in [-0.4, -0.2) is 77.0 Å². The van der Waals surface area contributed by atoms with E-state index < -0.39 is 17.7 Å². The van der Waals surface area contributed by atoms with Crippen LogP contribution in [0.25, 0.3) is 0 Å². The number of amides is 3. The minimum Gasteiger partial charge on any atom is -0.444 e. The lowest BCUT2D eigenvalue weighted by molar-refractivity contribution is -0.143. The van der Waals surface area contributed by atoms with Gasteiger partial charge in [0, 0.05) is 39.6 Å². The van der Waals surface area contributed by atoms with E-state index >= 15 is 0 Å². The van der Waals surface area contributed by atoms with Crippen LogP contribution in [0.4, 0.5) is 4.79 Å². The van der Waals surface area contributed by atoms with Crippen molar-refractivity contribution in [2.75, 3.05) is 32.7 Å². The van der Waals surface area contributed by atoms with Crippen molar-refractivity contribution in [3.63, 3.8) is 0 Å². The second kappa shape index (κ2) is 7.40. The van der Waals surface area contributed by atoms with Gasteiger partial charge in [-0.2, -0.15) is 0 Å². The second-order valence-corrected chi connectivity index (χ2v) is 7.52. The molecule has 1 atom stereocenters. The predicted octanol–water partition coefficient (Wildman–Crippen LogP) is 1.47. The second-order valence-electron chi connectivity index (χ2n) is 7.52. The van der Waals surface area contributed by atoms with Crippen molar-refractivity contribution in [3.05, 3.63) is 0 Å².